The SMILES string of the molecule is Cc1ccc(OCC(=O)Nc2nc3cc4c(cc3s2)OCCO4)c(C)c1. The summed E-state index contributed by atoms with van der Waals surface area (Å²) in [4.78, 5) is 16.6. The molecule has 6 nitrogen and oxygen atoms in total. The molecule has 0 saturated carbocycles. The molecule has 0 spiro atoms. The number of nitrogens with zero attached hydrogens (tertiary/aromatic N) is 1. The summed E-state index contributed by atoms with van der Waals surface area (Å²) in [5.74, 6) is 1.85. The summed E-state index contributed by atoms with van der Waals surface area (Å²) in [6.07, 6.45) is 0. The molecule has 0 bridgehead atoms. The van der Waals surface area contributed by atoms with Crippen LogP contribution in [0.5, 0.6) is 17.2 Å². The van der Waals surface area contributed by atoms with Crippen LogP contribution in [0.3, 0.4) is 0 Å². The number of anilines is 1. The van der Waals surface area contributed by atoms with Crippen molar-refractivity contribution in [2.24, 2.45) is 0 Å². The molecule has 1 N–H and O–H groups in total. The first-order valence-electron chi connectivity index (χ1n) is 8.28. The van der Waals surface area contributed by atoms with Gasteiger partial charge in [-0.25, -0.2) is 4.98 Å². The van der Waals surface area contributed by atoms with Crippen LogP contribution in [0.1, 0.15) is 11.1 Å². The van der Waals surface area contributed by atoms with Crippen LogP contribution in [-0.4, -0.2) is 30.7 Å². The van der Waals surface area contributed by atoms with Crippen molar-refractivity contribution in [1.29, 1.82) is 0 Å². The predicted octanol–water partition coefficient (Wildman–Crippen LogP) is 3.70. The van der Waals surface area contributed by atoms with Crippen LogP contribution in [0.15, 0.2) is 30.3 Å². The van der Waals surface area contributed by atoms with Crippen molar-refractivity contribution >= 4 is 32.6 Å². The molecule has 0 atom stereocenters. The minimum Gasteiger partial charge on any atom is -0.486 e. The third kappa shape index (κ3) is 3.43. The molecule has 1 amide bonds. The Morgan fingerprint density at radius 1 is 1.19 bits per heavy atom. The Kier molecular flexibility index (Phi) is 4.38. The molecule has 1 aliphatic rings. The highest BCUT2D eigenvalue weighted by atomic mass is 32.1. The molecule has 3 aromatic rings. The lowest BCUT2D eigenvalue weighted by Crippen LogP contribution is -2.20. The second-order valence-corrected chi connectivity index (χ2v) is 7.12. The van der Waals surface area contributed by atoms with E-state index >= 15 is 0 Å². The van der Waals surface area contributed by atoms with Gasteiger partial charge in [-0.1, -0.05) is 29.0 Å². The summed E-state index contributed by atoms with van der Waals surface area (Å²) >= 11 is 1.39. The van der Waals surface area contributed by atoms with Gasteiger partial charge in [-0.3, -0.25) is 10.1 Å². The van der Waals surface area contributed by atoms with Gasteiger partial charge in [0.15, 0.2) is 23.2 Å². The molecule has 0 unspecified atom stereocenters. The molecule has 2 heterocycles. The van der Waals surface area contributed by atoms with Gasteiger partial charge in [-0.2, -0.15) is 0 Å². The molecule has 1 aliphatic heterocycles. The van der Waals surface area contributed by atoms with Crippen LogP contribution < -0.4 is 19.5 Å². The van der Waals surface area contributed by atoms with Gasteiger partial charge in [0.25, 0.3) is 5.91 Å². The number of rotatable bonds is 4. The fourth-order valence-electron chi connectivity index (χ4n) is 2.78. The molecule has 0 aliphatic carbocycles. The number of aryl methyl sites for hydroxylation is 2. The lowest BCUT2D eigenvalue weighted by molar-refractivity contribution is -0.118. The molecule has 1 aromatic heterocycles. The van der Waals surface area contributed by atoms with Gasteiger partial charge in [0.2, 0.25) is 0 Å². The zero-order valence-electron chi connectivity index (χ0n) is 14.5. The molecular weight excluding hydrogens is 352 g/mol. The van der Waals surface area contributed by atoms with E-state index in [4.69, 9.17) is 14.2 Å². The first-order valence-corrected chi connectivity index (χ1v) is 9.10. The lowest BCUT2D eigenvalue weighted by Gasteiger charge is -2.17. The number of carbonyl (C=O) groups excluding carboxylic acids is 1. The fourth-order valence-corrected chi connectivity index (χ4v) is 3.67. The maximum Gasteiger partial charge on any atom is 0.264 e. The molecule has 4 rings (SSSR count). The Balaban J connectivity index is 1.44. The first kappa shape index (κ1) is 16.7. The van der Waals surface area contributed by atoms with Gasteiger partial charge in [0, 0.05) is 12.1 Å². The van der Waals surface area contributed by atoms with Crippen LogP contribution in [0.4, 0.5) is 5.13 Å². The largest absolute Gasteiger partial charge is 0.486 e. The Morgan fingerprint density at radius 2 is 1.96 bits per heavy atom. The molecule has 134 valence electrons. The average Bonchev–Trinajstić information content (AvgIpc) is 2.99. The maximum absolute atomic E-state index is 12.2. The number of amides is 1. The van der Waals surface area contributed by atoms with Gasteiger partial charge in [0.05, 0.1) is 10.2 Å². The Labute approximate surface area is 154 Å². The minimum atomic E-state index is -0.249. The second-order valence-electron chi connectivity index (χ2n) is 6.09. The number of nitrogens with one attached hydrogen (secondary N) is 1. The van der Waals surface area contributed by atoms with Gasteiger partial charge in [0.1, 0.15) is 19.0 Å². The third-order valence-electron chi connectivity index (χ3n) is 3.99. The monoisotopic (exact) mass is 370 g/mol. The number of ether oxygens (including phenoxy) is 3. The molecule has 0 radical (unpaired) electrons. The van der Waals surface area contributed by atoms with Gasteiger partial charge >= 0.3 is 0 Å². The molecular formula is C19H18N2O4S. The Hall–Kier alpha value is -2.80. The van der Waals surface area contributed by atoms with Gasteiger partial charge in [-0.15, -0.1) is 0 Å². The van der Waals surface area contributed by atoms with E-state index in [0.29, 0.717) is 35.6 Å². The molecule has 0 fully saturated rings. The fraction of sp³-hybridized carbons (Fsp3) is 0.263. The summed E-state index contributed by atoms with van der Waals surface area (Å²) in [6, 6.07) is 9.58. The van der Waals surface area contributed by atoms with Crippen molar-refractivity contribution in [2.75, 3.05) is 25.1 Å². The second kappa shape index (κ2) is 6.84. The highest BCUT2D eigenvalue weighted by Gasteiger charge is 2.16. The number of carbonyl (C=O) groups is 1. The smallest absolute Gasteiger partial charge is 0.264 e. The van der Waals surface area contributed by atoms with Gasteiger partial charge < -0.3 is 14.2 Å². The lowest BCUT2D eigenvalue weighted by atomic mass is 10.1. The number of thiazole rings is 1. The van der Waals surface area contributed by atoms with Crippen LogP contribution in [0, 0.1) is 13.8 Å². The summed E-state index contributed by atoms with van der Waals surface area (Å²) < 4.78 is 17.7. The van der Waals surface area contributed by atoms with Crippen molar-refractivity contribution < 1.29 is 19.0 Å². The van der Waals surface area contributed by atoms with E-state index in [9.17, 15) is 4.79 Å². The van der Waals surface area contributed by atoms with Crippen LogP contribution in [-0.2, 0) is 4.79 Å². The molecule has 7 heteroatoms. The van der Waals surface area contributed by atoms with E-state index in [1.165, 1.54) is 11.3 Å². The molecule has 2 aromatic carbocycles. The highest BCUT2D eigenvalue weighted by molar-refractivity contribution is 7.22. The number of fused-ring (bicyclic) bond motifs is 2. The van der Waals surface area contributed by atoms with Gasteiger partial charge in [-0.05, 0) is 25.5 Å². The van der Waals surface area contributed by atoms with E-state index < -0.39 is 0 Å². The standard InChI is InChI=1S/C19H18N2O4S/c1-11-3-4-14(12(2)7-11)25-10-18(22)21-19-20-13-8-15-16(9-17(13)26-19)24-6-5-23-15/h3-4,7-9H,5-6,10H2,1-2H3,(H,20,21,22). The number of aromatic nitrogens is 1. The average molecular weight is 370 g/mol. The summed E-state index contributed by atoms with van der Waals surface area (Å²) in [6.45, 7) is 4.98. The van der Waals surface area contributed by atoms with Crippen LogP contribution in [0.2, 0.25) is 0 Å². The number of hydrogen-bond donors (Lipinski definition) is 1. The molecule has 26 heavy (non-hydrogen) atoms. The molecule has 0 saturated heterocycles. The minimum absolute atomic E-state index is 0.0669. The Morgan fingerprint density at radius 3 is 2.73 bits per heavy atom. The third-order valence-corrected chi connectivity index (χ3v) is 4.92. The van der Waals surface area contributed by atoms with Crippen molar-refractivity contribution in [3.63, 3.8) is 0 Å². The van der Waals surface area contributed by atoms with E-state index in [0.717, 1.165) is 21.3 Å². The van der Waals surface area contributed by atoms with Crippen molar-refractivity contribution in [3.8, 4) is 17.2 Å². The van der Waals surface area contributed by atoms with Crippen molar-refractivity contribution in [3.05, 3.63) is 41.5 Å². The van der Waals surface area contributed by atoms with Crippen molar-refractivity contribution in [1.82, 2.24) is 4.98 Å². The number of hydrogen-bond acceptors (Lipinski definition) is 6. The Bertz CT molecular complexity index is 940. The first-order chi connectivity index (χ1) is 12.6. The quantitative estimate of drug-likeness (QED) is 0.758. The zero-order valence-corrected chi connectivity index (χ0v) is 15.3. The summed E-state index contributed by atoms with van der Waals surface area (Å²) in [5, 5.41) is 3.31. The van der Waals surface area contributed by atoms with E-state index in [1.54, 1.807) is 0 Å². The normalized spacial score (nSPS) is 12.8. The van der Waals surface area contributed by atoms with E-state index in [1.807, 2.05) is 44.2 Å². The van der Waals surface area contributed by atoms with Crippen LogP contribution >= 0.6 is 11.3 Å². The maximum atomic E-state index is 12.2. The summed E-state index contributed by atoms with van der Waals surface area (Å²) in [7, 11) is 0. The van der Waals surface area contributed by atoms with Crippen molar-refractivity contribution in [2.45, 2.75) is 13.8 Å². The zero-order chi connectivity index (χ0) is 18.1. The van der Waals surface area contributed by atoms with E-state index in [2.05, 4.69) is 10.3 Å². The number of benzene rings is 2. The van der Waals surface area contributed by atoms with Crippen LogP contribution in [0.25, 0.3) is 10.2 Å². The highest BCUT2D eigenvalue weighted by Crippen LogP contribution is 2.37. The van der Waals surface area contributed by atoms with E-state index in [-0.39, 0.29) is 12.5 Å². The predicted molar refractivity (Wildman–Crippen MR) is 101 cm³/mol. The topological polar surface area (TPSA) is 69.7 Å². The summed E-state index contributed by atoms with van der Waals surface area (Å²) in [5.41, 5.74) is 2.93.